The summed E-state index contributed by atoms with van der Waals surface area (Å²) in [5.74, 6) is 0.702. The number of carbonyl (C=O) groups excluding carboxylic acids is 2. The van der Waals surface area contributed by atoms with Gasteiger partial charge in [-0.05, 0) is 42.8 Å². The summed E-state index contributed by atoms with van der Waals surface area (Å²) in [6.07, 6.45) is 1.77. The molecule has 1 aromatic carbocycles. The highest BCUT2D eigenvalue weighted by Gasteiger charge is 2.25. The topological polar surface area (TPSA) is 56.8 Å². The second-order valence-electron chi connectivity index (χ2n) is 6.59. The third-order valence-electron chi connectivity index (χ3n) is 4.73. The quantitative estimate of drug-likeness (QED) is 0.810. The van der Waals surface area contributed by atoms with Gasteiger partial charge in [0.25, 0.3) is 0 Å². The van der Waals surface area contributed by atoms with Crippen LogP contribution in [0.1, 0.15) is 12.5 Å². The lowest BCUT2D eigenvalue weighted by molar-refractivity contribution is -0.131. The highest BCUT2D eigenvalue weighted by Crippen LogP contribution is 2.24. The van der Waals surface area contributed by atoms with E-state index in [0.29, 0.717) is 23.8 Å². The molecule has 0 N–H and O–H groups in total. The molecule has 0 spiro atoms. The summed E-state index contributed by atoms with van der Waals surface area (Å²) in [6.45, 7) is 6.06. The smallest absolute Gasteiger partial charge is 0.242 e. The molecule has 0 unspecified atom stereocenters. The molecule has 0 atom stereocenters. The minimum Gasteiger partial charge on any atom is -0.353 e. The van der Waals surface area contributed by atoms with Gasteiger partial charge in [-0.25, -0.2) is 4.98 Å². The Morgan fingerprint density at radius 1 is 1.15 bits per heavy atom. The third-order valence-corrected chi connectivity index (χ3v) is 4.96. The van der Waals surface area contributed by atoms with E-state index in [2.05, 4.69) is 9.88 Å². The summed E-state index contributed by atoms with van der Waals surface area (Å²) in [5, 5.41) is 0.608. The van der Waals surface area contributed by atoms with Crippen LogP contribution in [0, 0.1) is 6.92 Å². The van der Waals surface area contributed by atoms with Crippen molar-refractivity contribution >= 4 is 34.9 Å². The summed E-state index contributed by atoms with van der Waals surface area (Å²) < 4.78 is 0. The van der Waals surface area contributed by atoms with E-state index in [1.807, 2.05) is 25.1 Å². The number of aryl methyl sites for hydroxylation is 1. The number of hydrogen-bond donors (Lipinski definition) is 0. The minimum atomic E-state index is -0.166. The Morgan fingerprint density at radius 3 is 2.48 bits per heavy atom. The SMILES string of the molecule is CC(=O)N(CC(=O)N1CCN(c2ccccn2)CC1)c1ccc(Cl)cc1C. The molecule has 0 bridgehead atoms. The largest absolute Gasteiger partial charge is 0.353 e. The maximum absolute atomic E-state index is 12.8. The molecule has 3 rings (SSSR count). The third kappa shape index (κ3) is 4.57. The summed E-state index contributed by atoms with van der Waals surface area (Å²) >= 11 is 6.00. The van der Waals surface area contributed by atoms with Gasteiger partial charge in [0.05, 0.1) is 0 Å². The number of benzene rings is 1. The fourth-order valence-electron chi connectivity index (χ4n) is 3.25. The van der Waals surface area contributed by atoms with Crippen molar-refractivity contribution in [3.8, 4) is 0 Å². The number of hydrogen-bond acceptors (Lipinski definition) is 4. The Morgan fingerprint density at radius 2 is 1.89 bits per heavy atom. The average Bonchev–Trinajstić information content (AvgIpc) is 2.67. The van der Waals surface area contributed by atoms with Gasteiger partial charge in [0.15, 0.2) is 0 Å². The summed E-state index contributed by atoms with van der Waals surface area (Å²) in [5.41, 5.74) is 1.58. The number of halogens is 1. The van der Waals surface area contributed by atoms with E-state index in [4.69, 9.17) is 11.6 Å². The molecule has 1 aromatic heterocycles. The van der Waals surface area contributed by atoms with Crippen LogP contribution in [0.4, 0.5) is 11.5 Å². The van der Waals surface area contributed by atoms with Gasteiger partial charge < -0.3 is 14.7 Å². The number of pyridine rings is 1. The number of nitrogens with zero attached hydrogens (tertiary/aromatic N) is 4. The number of anilines is 2. The van der Waals surface area contributed by atoms with Crippen molar-refractivity contribution in [2.75, 3.05) is 42.5 Å². The molecule has 1 aliphatic heterocycles. The monoisotopic (exact) mass is 386 g/mol. The zero-order chi connectivity index (χ0) is 19.4. The van der Waals surface area contributed by atoms with Crippen LogP contribution in [0.15, 0.2) is 42.6 Å². The summed E-state index contributed by atoms with van der Waals surface area (Å²) in [6, 6.07) is 11.1. The molecule has 1 fully saturated rings. The predicted octanol–water partition coefficient (Wildman–Crippen LogP) is 2.75. The van der Waals surface area contributed by atoms with Gasteiger partial charge in [-0.3, -0.25) is 9.59 Å². The van der Waals surface area contributed by atoms with Crippen LogP contribution in [0.25, 0.3) is 0 Å². The maximum atomic E-state index is 12.8. The fraction of sp³-hybridized carbons (Fsp3) is 0.350. The van der Waals surface area contributed by atoms with Crippen LogP contribution in [-0.2, 0) is 9.59 Å². The van der Waals surface area contributed by atoms with E-state index in [1.54, 1.807) is 29.3 Å². The Kier molecular flexibility index (Phi) is 5.96. The Hall–Kier alpha value is -2.60. The lowest BCUT2D eigenvalue weighted by atomic mass is 10.1. The number of rotatable bonds is 4. The molecule has 0 radical (unpaired) electrons. The van der Waals surface area contributed by atoms with E-state index in [9.17, 15) is 9.59 Å². The molecule has 7 heteroatoms. The van der Waals surface area contributed by atoms with Gasteiger partial charge in [-0.2, -0.15) is 0 Å². The number of piperazine rings is 1. The van der Waals surface area contributed by atoms with Crippen LogP contribution in [0.3, 0.4) is 0 Å². The summed E-state index contributed by atoms with van der Waals surface area (Å²) in [7, 11) is 0. The second-order valence-corrected chi connectivity index (χ2v) is 7.03. The number of amides is 2. The normalized spacial score (nSPS) is 14.2. The first-order valence-corrected chi connectivity index (χ1v) is 9.31. The molecule has 142 valence electrons. The van der Waals surface area contributed by atoms with Crippen molar-refractivity contribution in [3.63, 3.8) is 0 Å². The van der Waals surface area contributed by atoms with E-state index < -0.39 is 0 Å². The van der Waals surface area contributed by atoms with Crippen molar-refractivity contribution < 1.29 is 9.59 Å². The number of aromatic nitrogens is 1. The average molecular weight is 387 g/mol. The standard InChI is InChI=1S/C20H23ClN4O2/c1-15-13-17(21)6-7-18(15)25(16(2)26)14-20(27)24-11-9-23(10-12-24)19-5-3-4-8-22-19/h3-8,13H,9-12,14H2,1-2H3. The van der Waals surface area contributed by atoms with Crippen LogP contribution >= 0.6 is 11.6 Å². The first kappa shape index (κ1) is 19.2. The zero-order valence-electron chi connectivity index (χ0n) is 15.6. The molecular formula is C20H23ClN4O2. The predicted molar refractivity (Wildman–Crippen MR) is 107 cm³/mol. The van der Waals surface area contributed by atoms with Crippen LogP contribution in [0.2, 0.25) is 5.02 Å². The van der Waals surface area contributed by atoms with Gasteiger partial charge in [0.2, 0.25) is 11.8 Å². The van der Waals surface area contributed by atoms with E-state index in [1.165, 1.54) is 11.8 Å². The van der Waals surface area contributed by atoms with Gasteiger partial charge >= 0.3 is 0 Å². The molecule has 0 aliphatic carbocycles. The van der Waals surface area contributed by atoms with Gasteiger partial charge in [0, 0.05) is 50.0 Å². The van der Waals surface area contributed by atoms with E-state index >= 15 is 0 Å². The van der Waals surface area contributed by atoms with E-state index in [0.717, 1.165) is 24.5 Å². The lowest BCUT2D eigenvalue weighted by Gasteiger charge is -2.36. The van der Waals surface area contributed by atoms with Crippen LogP contribution in [-0.4, -0.2) is 54.4 Å². The van der Waals surface area contributed by atoms with Crippen LogP contribution in [0.5, 0.6) is 0 Å². The summed E-state index contributed by atoms with van der Waals surface area (Å²) in [4.78, 5) is 34.8. The highest BCUT2D eigenvalue weighted by molar-refractivity contribution is 6.30. The zero-order valence-corrected chi connectivity index (χ0v) is 16.3. The lowest BCUT2D eigenvalue weighted by Crippen LogP contribution is -2.52. The molecule has 0 saturated carbocycles. The molecule has 6 nitrogen and oxygen atoms in total. The molecule has 1 saturated heterocycles. The Bertz CT molecular complexity index is 820. The Balaban J connectivity index is 1.64. The molecular weight excluding hydrogens is 364 g/mol. The molecule has 2 aromatic rings. The molecule has 2 heterocycles. The van der Waals surface area contributed by atoms with Gasteiger partial charge in [-0.1, -0.05) is 17.7 Å². The molecule has 2 amide bonds. The fourth-order valence-corrected chi connectivity index (χ4v) is 3.48. The van der Waals surface area contributed by atoms with Crippen molar-refractivity contribution in [1.82, 2.24) is 9.88 Å². The Labute approximate surface area is 164 Å². The van der Waals surface area contributed by atoms with Crippen molar-refractivity contribution in [2.24, 2.45) is 0 Å². The van der Waals surface area contributed by atoms with E-state index in [-0.39, 0.29) is 18.4 Å². The van der Waals surface area contributed by atoms with Crippen molar-refractivity contribution in [1.29, 1.82) is 0 Å². The van der Waals surface area contributed by atoms with Gasteiger partial charge in [-0.15, -0.1) is 0 Å². The van der Waals surface area contributed by atoms with Crippen molar-refractivity contribution in [2.45, 2.75) is 13.8 Å². The molecule has 27 heavy (non-hydrogen) atoms. The molecule has 1 aliphatic rings. The van der Waals surface area contributed by atoms with Gasteiger partial charge in [0.1, 0.15) is 12.4 Å². The first-order chi connectivity index (χ1) is 13.0. The highest BCUT2D eigenvalue weighted by atomic mass is 35.5. The maximum Gasteiger partial charge on any atom is 0.242 e. The van der Waals surface area contributed by atoms with Crippen molar-refractivity contribution in [3.05, 3.63) is 53.2 Å². The first-order valence-electron chi connectivity index (χ1n) is 8.93. The minimum absolute atomic E-state index is 0.0292. The van der Waals surface area contributed by atoms with Crippen LogP contribution < -0.4 is 9.80 Å². The second kappa shape index (κ2) is 8.39. The number of carbonyl (C=O) groups is 2.